The number of benzene rings is 1. The maximum atomic E-state index is 5.56. The predicted octanol–water partition coefficient (Wildman–Crippen LogP) is 2.43. The summed E-state index contributed by atoms with van der Waals surface area (Å²) in [7, 11) is 0. The molecule has 1 aromatic carbocycles. The van der Waals surface area contributed by atoms with Gasteiger partial charge in [0, 0.05) is 19.6 Å². The molecule has 2 nitrogen and oxygen atoms in total. The molecule has 0 radical (unpaired) electrons. The molecule has 0 fully saturated rings. The van der Waals surface area contributed by atoms with Crippen molar-refractivity contribution in [2.75, 3.05) is 13.2 Å². The second-order valence-electron chi connectivity index (χ2n) is 4.40. The fourth-order valence-electron chi connectivity index (χ4n) is 1.98. The maximum Gasteiger partial charge on any atom is 0.0597 e. The Kier molecular flexibility index (Phi) is 3.39. The van der Waals surface area contributed by atoms with Crippen molar-refractivity contribution in [3.8, 4) is 0 Å². The summed E-state index contributed by atoms with van der Waals surface area (Å²) in [4.78, 5) is 2.44. The van der Waals surface area contributed by atoms with Crippen LogP contribution in [0.1, 0.15) is 25.0 Å². The quantitative estimate of drug-likeness (QED) is 0.748. The summed E-state index contributed by atoms with van der Waals surface area (Å²) >= 11 is 0. The van der Waals surface area contributed by atoms with Crippen molar-refractivity contribution in [2.45, 2.75) is 33.0 Å². The third-order valence-corrected chi connectivity index (χ3v) is 2.76. The van der Waals surface area contributed by atoms with E-state index < -0.39 is 0 Å². The smallest absolute Gasteiger partial charge is 0.0597 e. The lowest BCUT2D eigenvalue weighted by atomic mass is 10.1. The fourth-order valence-corrected chi connectivity index (χ4v) is 1.98. The first kappa shape index (κ1) is 10.7. The Balaban J connectivity index is 1.80. The molecule has 82 valence electrons. The summed E-state index contributed by atoms with van der Waals surface area (Å²) in [5, 5.41) is 0. The molecule has 0 amide bonds. The summed E-state index contributed by atoms with van der Waals surface area (Å²) in [6, 6.07) is 8.68. The first-order valence-corrected chi connectivity index (χ1v) is 5.66. The van der Waals surface area contributed by atoms with Gasteiger partial charge in [0.15, 0.2) is 0 Å². The molecular weight excluding hydrogens is 186 g/mol. The topological polar surface area (TPSA) is 12.5 Å². The molecule has 0 saturated heterocycles. The van der Waals surface area contributed by atoms with E-state index in [0.717, 1.165) is 26.2 Å². The number of hydrogen-bond donors (Lipinski definition) is 0. The van der Waals surface area contributed by atoms with E-state index in [1.54, 1.807) is 0 Å². The Hall–Kier alpha value is -0.860. The minimum atomic E-state index is 0.343. The molecular formula is C13H19NO. The molecule has 0 aliphatic carbocycles. The van der Waals surface area contributed by atoms with E-state index >= 15 is 0 Å². The predicted molar refractivity (Wildman–Crippen MR) is 61.6 cm³/mol. The van der Waals surface area contributed by atoms with Gasteiger partial charge in [0.1, 0.15) is 0 Å². The standard InChI is InChI=1S/C13H19NO/c1-11(2)15-8-7-14-9-12-5-3-4-6-13(12)10-14/h3-6,11H,7-10H2,1-2H3. The second-order valence-corrected chi connectivity index (χ2v) is 4.40. The Bertz CT molecular complexity index is 297. The first-order valence-electron chi connectivity index (χ1n) is 5.66. The summed E-state index contributed by atoms with van der Waals surface area (Å²) < 4.78 is 5.56. The zero-order valence-electron chi connectivity index (χ0n) is 9.57. The number of fused-ring (bicyclic) bond motifs is 1. The molecule has 1 aliphatic heterocycles. The first-order chi connectivity index (χ1) is 7.25. The molecule has 2 heteroatoms. The van der Waals surface area contributed by atoms with Crippen molar-refractivity contribution in [1.82, 2.24) is 4.90 Å². The summed E-state index contributed by atoms with van der Waals surface area (Å²) in [5.74, 6) is 0. The molecule has 0 saturated carbocycles. The van der Waals surface area contributed by atoms with Gasteiger partial charge in [-0.05, 0) is 25.0 Å². The van der Waals surface area contributed by atoms with Crippen LogP contribution in [0.3, 0.4) is 0 Å². The van der Waals surface area contributed by atoms with Crippen molar-refractivity contribution < 1.29 is 4.74 Å². The normalized spacial score (nSPS) is 15.9. The number of nitrogens with zero attached hydrogens (tertiary/aromatic N) is 1. The number of hydrogen-bond acceptors (Lipinski definition) is 2. The van der Waals surface area contributed by atoms with E-state index in [0.29, 0.717) is 6.10 Å². The van der Waals surface area contributed by atoms with Crippen molar-refractivity contribution in [1.29, 1.82) is 0 Å². The van der Waals surface area contributed by atoms with Gasteiger partial charge >= 0.3 is 0 Å². The van der Waals surface area contributed by atoms with Crippen LogP contribution in [0.15, 0.2) is 24.3 Å². The Morgan fingerprint density at radius 2 is 1.80 bits per heavy atom. The third kappa shape index (κ3) is 2.80. The maximum absolute atomic E-state index is 5.56. The van der Waals surface area contributed by atoms with Gasteiger partial charge in [0.2, 0.25) is 0 Å². The summed E-state index contributed by atoms with van der Waals surface area (Å²) in [6.07, 6.45) is 0.343. The Morgan fingerprint density at radius 1 is 1.20 bits per heavy atom. The Labute approximate surface area is 91.9 Å². The minimum absolute atomic E-state index is 0.343. The van der Waals surface area contributed by atoms with E-state index in [-0.39, 0.29) is 0 Å². The van der Waals surface area contributed by atoms with E-state index in [4.69, 9.17) is 4.74 Å². The molecule has 1 heterocycles. The lowest BCUT2D eigenvalue weighted by molar-refractivity contribution is 0.0584. The van der Waals surface area contributed by atoms with Crippen LogP contribution in [-0.4, -0.2) is 24.2 Å². The van der Waals surface area contributed by atoms with Gasteiger partial charge in [-0.2, -0.15) is 0 Å². The van der Waals surface area contributed by atoms with Gasteiger partial charge in [-0.15, -0.1) is 0 Å². The van der Waals surface area contributed by atoms with Crippen LogP contribution in [0, 0.1) is 0 Å². The van der Waals surface area contributed by atoms with Gasteiger partial charge in [-0.25, -0.2) is 0 Å². The molecule has 1 aliphatic rings. The van der Waals surface area contributed by atoms with Crippen molar-refractivity contribution in [3.05, 3.63) is 35.4 Å². The van der Waals surface area contributed by atoms with Crippen LogP contribution in [0.2, 0.25) is 0 Å². The van der Waals surface area contributed by atoms with Crippen molar-refractivity contribution in [2.24, 2.45) is 0 Å². The van der Waals surface area contributed by atoms with Gasteiger partial charge in [0.25, 0.3) is 0 Å². The minimum Gasteiger partial charge on any atom is -0.377 e. The van der Waals surface area contributed by atoms with Crippen molar-refractivity contribution >= 4 is 0 Å². The van der Waals surface area contributed by atoms with Crippen LogP contribution >= 0.6 is 0 Å². The monoisotopic (exact) mass is 205 g/mol. The lowest BCUT2D eigenvalue weighted by Gasteiger charge is -2.15. The van der Waals surface area contributed by atoms with Crippen LogP contribution in [0.5, 0.6) is 0 Å². The van der Waals surface area contributed by atoms with Crippen LogP contribution in [0.25, 0.3) is 0 Å². The second kappa shape index (κ2) is 4.77. The molecule has 0 bridgehead atoms. The molecule has 0 atom stereocenters. The van der Waals surface area contributed by atoms with Gasteiger partial charge in [0.05, 0.1) is 12.7 Å². The summed E-state index contributed by atoms with van der Waals surface area (Å²) in [5.41, 5.74) is 2.95. The fraction of sp³-hybridized carbons (Fsp3) is 0.538. The number of ether oxygens (including phenoxy) is 1. The lowest BCUT2D eigenvalue weighted by Crippen LogP contribution is -2.23. The Morgan fingerprint density at radius 3 is 2.33 bits per heavy atom. The summed E-state index contributed by atoms with van der Waals surface area (Å²) in [6.45, 7) is 8.20. The largest absolute Gasteiger partial charge is 0.377 e. The molecule has 0 aromatic heterocycles. The van der Waals surface area contributed by atoms with Gasteiger partial charge < -0.3 is 4.74 Å². The van der Waals surface area contributed by atoms with E-state index in [1.165, 1.54) is 11.1 Å². The average molecular weight is 205 g/mol. The van der Waals surface area contributed by atoms with Crippen molar-refractivity contribution in [3.63, 3.8) is 0 Å². The van der Waals surface area contributed by atoms with Crippen LogP contribution in [-0.2, 0) is 17.8 Å². The highest BCUT2D eigenvalue weighted by molar-refractivity contribution is 5.30. The molecule has 0 spiro atoms. The van der Waals surface area contributed by atoms with E-state index in [9.17, 15) is 0 Å². The van der Waals surface area contributed by atoms with Gasteiger partial charge in [-0.1, -0.05) is 24.3 Å². The third-order valence-electron chi connectivity index (χ3n) is 2.76. The van der Waals surface area contributed by atoms with Crippen LogP contribution in [0.4, 0.5) is 0 Å². The zero-order valence-corrected chi connectivity index (χ0v) is 9.57. The van der Waals surface area contributed by atoms with Crippen LogP contribution < -0.4 is 0 Å². The molecule has 2 rings (SSSR count). The molecule has 0 N–H and O–H groups in total. The zero-order chi connectivity index (χ0) is 10.7. The molecule has 0 unspecified atom stereocenters. The highest BCUT2D eigenvalue weighted by Gasteiger charge is 2.17. The van der Waals surface area contributed by atoms with E-state index in [2.05, 4.69) is 43.0 Å². The van der Waals surface area contributed by atoms with E-state index in [1.807, 2.05) is 0 Å². The highest BCUT2D eigenvalue weighted by Crippen LogP contribution is 2.21. The van der Waals surface area contributed by atoms with Gasteiger partial charge in [-0.3, -0.25) is 4.90 Å². The SMILES string of the molecule is CC(C)OCCN1Cc2ccccc2C1. The molecule has 1 aromatic rings. The average Bonchev–Trinajstić information content (AvgIpc) is 2.59. The molecule has 15 heavy (non-hydrogen) atoms. The number of rotatable bonds is 4. The highest BCUT2D eigenvalue weighted by atomic mass is 16.5.